The largest absolute Gasteiger partial charge is 0.452 e. The third kappa shape index (κ3) is 3.75. The molecule has 3 aromatic rings. The number of nitrogens with one attached hydrogen (secondary N) is 2. The summed E-state index contributed by atoms with van der Waals surface area (Å²) in [6, 6.07) is 13.9. The number of rotatable bonds is 5. The summed E-state index contributed by atoms with van der Waals surface area (Å²) in [5.41, 5.74) is 2.73. The molecule has 0 fully saturated rings. The van der Waals surface area contributed by atoms with Crippen LogP contribution in [0.2, 0.25) is 0 Å². The average Bonchev–Trinajstić information content (AvgIpc) is 3.03. The van der Waals surface area contributed by atoms with Gasteiger partial charge in [-0.05, 0) is 36.2 Å². The molecule has 8 heteroatoms. The van der Waals surface area contributed by atoms with Crippen molar-refractivity contribution in [1.29, 1.82) is 0 Å². The summed E-state index contributed by atoms with van der Waals surface area (Å²) >= 11 is 0. The smallest absolute Gasteiger partial charge is 0.444 e. The number of aromatic nitrogens is 2. The van der Waals surface area contributed by atoms with Gasteiger partial charge in [-0.25, -0.2) is 9.59 Å². The van der Waals surface area contributed by atoms with E-state index in [0.717, 1.165) is 22.4 Å². The number of hydrogen-bond donors (Lipinski definition) is 2. The van der Waals surface area contributed by atoms with E-state index in [0.29, 0.717) is 11.4 Å². The number of hydrogen-bond acceptors (Lipinski definition) is 5. The predicted molar refractivity (Wildman–Crippen MR) is 97.1 cm³/mol. The molecule has 2 aromatic carbocycles. The number of para-hydroxylation sites is 1. The minimum atomic E-state index is -0.680. The zero-order valence-electron chi connectivity index (χ0n) is 14.4. The summed E-state index contributed by atoms with van der Waals surface area (Å²) in [7, 11) is 1.35. The zero-order valence-corrected chi connectivity index (χ0v) is 14.4. The molecule has 0 saturated heterocycles. The number of methoxy groups -OCH3 is 1. The lowest BCUT2D eigenvalue weighted by Crippen LogP contribution is -2.20. The van der Waals surface area contributed by atoms with E-state index in [9.17, 15) is 9.59 Å². The van der Waals surface area contributed by atoms with Gasteiger partial charge in [0.2, 0.25) is 0 Å². The van der Waals surface area contributed by atoms with E-state index in [4.69, 9.17) is 9.15 Å². The summed E-state index contributed by atoms with van der Waals surface area (Å²) in [5.74, 6) is -0.680. The minimum absolute atomic E-state index is 0.137. The maximum Gasteiger partial charge on any atom is 0.444 e. The number of carbonyl (C=O) groups is 1. The lowest BCUT2D eigenvalue weighted by molar-refractivity contribution is 0.262. The molecule has 2 amide bonds. The molecule has 1 heterocycles. The molecule has 0 saturated carbocycles. The fourth-order valence-corrected chi connectivity index (χ4v) is 2.46. The highest BCUT2D eigenvalue weighted by atomic mass is 16.6. The SMILES string of the molecule is CCc1ccccc1NC(=O)Nc1cccc(-n2nc(OC)oc2=O)c1. The Balaban J connectivity index is 1.77. The lowest BCUT2D eigenvalue weighted by atomic mass is 10.1. The Labute approximate surface area is 149 Å². The van der Waals surface area contributed by atoms with Gasteiger partial charge in [0.1, 0.15) is 0 Å². The van der Waals surface area contributed by atoms with Crippen molar-refractivity contribution in [2.24, 2.45) is 0 Å². The Bertz CT molecular complexity index is 977. The number of anilines is 2. The van der Waals surface area contributed by atoms with Crippen LogP contribution in [0.15, 0.2) is 57.7 Å². The van der Waals surface area contributed by atoms with Gasteiger partial charge in [0.15, 0.2) is 0 Å². The first-order valence-corrected chi connectivity index (χ1v) is 8.01. The van der Waals surface area contributed by atoms with Crippen molar-refractivity contribution < 1.29 is 13.9 Å². The van der Waals surface area contributed by atoms with Crippen LogP contribution < -0.4 is 21.1 Å². The van der Waals surface area contributed by atoms with Crippen LogP contribution >= 0.6 is 0 Å². The number of carbonyl (C=O) groups excluding carboxylic acids is 1. The van der Waals surface area contributed by atoms with Crippen molar-refractivity contribution in [3.63, 3.8) is 0 Å². The standard InChI is InChI=1S/C18H18N4O4/c1-3-12-7-4-5-10-15(12)20-16(23)19-13-8-6-9-14(11-13)22-18(24)26-17(21-22)25-2/h4-11H,3H2,1-2H3,(H2,19,20,23). The van der Waals surface area contributed by atoms with Gasteiger partial charge in [0.25, 0.3) is 0 Å². The second-order valence-electron chi connectivity index (χ2n) is 5.39. The third-order valence-electron chi connectivity index (χ3n) is 3.70. The highest BCUT2D eigenvalue weighted by molar-refractivity contribution is 6.00. The molecule has 0 aliphatic heterocycles. The Morgan fingerprint density at radius 3 is 2.73 bits per heavy atom. The first-order chi connectivity index (χ1) is 12.6. The van der Waals surface area contributed by atoms with Gasteiger partial charge >= 0.3 is 17.9 Å². The number of amides is 2. The quantitative estimate of drug-likeness (QED) is 0.734. The number of urea groups is 1. The van der Waals surface area contributed by atoms with Crippen molar-refractivity contribution in [2.45, 2.75) is 13.3 Å². The Morgan fingerprint density at radius 1 is 1.19 bits per heavy atom. The lowest BCUT2D eigenvalue weighted by Gasteiger charge is -2.11. The fraction of sp³-hybridized carbons (Fsp3) is 0.167. The van der Waals surface area contributed by atoms with Crippen LogP contribution in [0.1, 0.15) is 12.5 Å². The number of ether oxygens (including phenoxy) is 1. The molecule has 2 N–H and O–H groups in total. The van der Waals surface area contributed by atoms with E-state index >= 15 is 0 Å². The van der Waals surface area contributed by atoms with Gasteiger partial charge in [0, 0.05) is 11.4 Å². The highest BCUT2D eigenvalue weighted by Gasteiger charge is 2.11. The molecular formula is C18H18N4O4. The number of benzene rings is 2. The van der Waals surface area contributed by atoms with Crippen molar-refractivity contribution in [2.75, 3.05) is 17.7 Å². The maximum atomic E-state index is 12.3. The second-order valence-corrected chi connectivity index (χ2v) is 5.39. The van der Waals surface area contributed by atoms with Crippen LogP contribution in [0.5, 0.6) is 6.08 Å². The molecule has 0 aliphatic rings. The van der Waals surface area contributed by atoms with Crippen molar-refractivity contribution in [3.8, 4) is 11.8 Å². The summed E-state index contributed by atoms with van der Waals surface area (Å²) in [6.07, 6.45) is 0.672. The van der Waals surface area contributed by atoms with Gasteiger partial charge in [-0.1, -0.05) is 36.3 Å². The third-order valence-corrected chi connectivity index (χ3v) is 3.70. The predicted octanol–water partition coefficient (Wildman–Crippen LogP) is 3.04. The van der Waals surface area contributed by atoms with E-state index in [-0.39, 0.29) is 12.1 Å². The van der Waals surface area contributed by atoms with Crippen molar-refractivity contribution >= 4 is 17.4 Å². The Kier molecular flexibility index (Phi) is 5.02. The van der Waals surface area contributed by atoms with Crippen LogP contribution in [0.3, 0.4) is 0 Å². The summed E-state index contributed by atoms with van der Waals surface area (Å²) in [6.45, 7) is 2.02. The Morgan fingerprint density at radius 2 is 2.00 bits per heavy atom. The first kappa shape index (κ1) is 17.3. The molecule has 0 atom stereocenters. The highest BCUT2D eigenvalue weighted by Crippen LogP contribution is 2.17. The monoisotopic (exact) mass is 354 g/mol. The molecule has 3 rings (SSSR count). The molecular weight excluding hydrogens is 336 g/mol. The topological polar surface area (TPSA) is 98.4 Å². The van der Waals surface area contributed by atoms with E-state index in [1.54, 1.807) is 24.3 Å². The van der Waals surface area contributed by atoms with Crippen LogP contribution in [0.25, 0.3) is 5.69 Å². The molecule has 26 heavy (non-hydrogen) atoms. The summed E-state index contributed by atoms with van der Waals surface area (Å²) < 4.78 is 10.7. The van der Waals surface area contributed by atoms with E-state index in [1.165, 1.54) is 7.11 Å². The fourth-order valence-electron chi connectivity index (χ4n) is 2.46. The number of nitrogens with zero attached hydrogens (tertiary/aromatic N) is 2. The van der Waals surface area contributed by atoms with E-state index in [1.807, 2.05) is 31.2 Å². The second kappa shape index (κ2) is 7.56. The zero-order chi connectivity index (χ0) is 18.5. The molecule has 0 spiro atoms. The van der Waals surface area contributed by atoms with Gasteiger partial charge < -0.3 is 19.8 Å². The summed E-state index contributed by atoms with van der Waals surface area (Å²) in [5, 5.41) is 9.45. The molecule has 1 aromatic heterocycles. The van der Waals surface area contributed by atoms with Gasteiger partial charge in [0.05, 0.1) is 12.8 Å². The molecule has 0 radical (unpaired) electrons. The molecule has 0 bridgehead atoms. The molecule has 0 aliphatic carbocycles. The molecule has 134 valence electrons. The van der Waals surface area contributed by atoms with Gasteiger partial charge in [-0.15, -0.1) is 0 Å². The average molecular weight is 354 g/mol. The number of aryl methyl sites for hydroxylation is 1. The Hall–Kier alpha value is -3.55. The van der Waals surface area contributed by atoms with Gasteiger partial charge in [-0.2, -0.15) is 4.68 Å². The van der Waals surface area contributed by atoms with Crippen molar-refractivity contribution in [1.82, 2.24) is 9.78 Å². The molecule has 0 unspecified atom stereocenters. The van der Waals surface area contributed by atoms with E-state index in [2.05, 4.69) is 15.7 Å². The molecule has 8 nitrogen and oxygen atoms in total. The normalized spacial score (nSPS) is 10.4. The van der Waals surface area contributed by atoms with Crippen LogP contribution in [-0.2, 0) is 6.42 Å². The van der Waals surface area contributed by atoms with Crippen LogP contribution in [0.4, 0.5) is 16.2 Å². The summed E-state index contributed by atoms with van der Waals surface area (Å²) in [4.78, 5) is 24.1. The van der Waals surface area contributed by atoms with E-state index < -0.39 is 5.76 Å². The maximum absolute atomic E-state index is 12.3. The van der Waals surface area contributed by atoms with Crippen molar-refractivity contribution in [3.05, 3.63) is 64.6 Å². The van der Waals surface area contributed by atoms with Gasteiger partial charge in [-0.3, -0.25) is 0 Å². The first-order valence-electron chi connectivity index (χ1n) is 8.01. The van der Waals surface area contributed by atoms with Crippen LogP contribution in [0, 0.1) is 0 Å². The minimum Gasteiger partial charge on any atom is -0.452 e. The van der Waals surface area contributed by atoms with Crippen LogP contribution in [-0.4, -0.2) is 22.9 Å².